The monoisotopic (exact) mass is 360 g/mol. The highest BCUT2D eigenvalue weighted by atomic mass is 31.2. The SMILES string of the molecule is O=C1CCC(=O)N1[P+](c1ccccc1)(c1ccccc1)c1ccccc1. The number of nitrogens with zero attached hydrogens (tertiary/aromatic N) is 1. The van der Waals surface area contributed by atoms with Crippen molar-refractivity contribution >= 4 is 35.1 Å². The molecule has 0 spiro atoms. The summed E-state index contributed by atoms with van der Waals surface area (Å²) in [6.07, 6.45) is 0.570. The maximum absolute atomic E-state index is 12.9. The second kappa shape index (κ2) is 6.86. The molecule has 1 heterocycles. The molecule has 2 amide bonds. The predicted octanol–water partition coefficient (Wildman–Crippen LogP) is 3.04. The van der Waals surface area contributed by atoms with Crippen LogP contribution in [0.5, 0.6) is 0 Å². The van der Waals surface area contributed by atoms with Crippen molar-refractivity contribution in [2.45, 2.75) is 12.8 Å². The van der Waals surface area contributed by atoms with Gasteiger partial charge in [0.2, 0.25) is 7.41 Å². The van der Waals surface area contributed by atoms with E-state index in [1.54, 1.807) is 4.67 Å². The van der Waals surface area contributed by atoms with Gasteiger partial charge in [-0.15, -0.1) is 4.67 Å². The number of rotatable bonds is 4. The van der Waals surface area contributed by atoms with Crippen LogP contribution in [0.1, 0.15) is 12.8 Å². The van der Waals surface area contributed by atoms with E-state index in [2.05, 4.69) is 0 Å². The van der Waals surface area contributed by atoms with E-state index in [1.165, 1.54) is 0 Å². The minimum atomic E-state index is -2.58. The van der Waals surface area contributed by atoms with Gasteiger partial charge in [-0.2, -0.15) is 0 Å². The molecule has 1 fully saturated rings. The number of imide groups is 1. The second-order valence-corrected chi connectivity index (χ2v) is 9.46. The predicted molar refractivity (Wildman–Crippen MR) is 106 cm³/mol. The van der Waals surface area contributed by atoms with Crippen LogP contribution >= 0.6 is 7.41 Å². The zero-order valence-corrected chi connectivity index (χ0v) is 15.2. The highest BCUT2D eigenvalue weighted by Crippen LogP contribution is 2.60. The van der Waals surface area contributed by atoms with Crippen molar-refractivity contribution in [3.8, 4) is 0 Å². The Kier molecular flexibility index (Phi) is 4.40. The molecule has 26 heavy (non-hydrogen) atoms. The molecular weight excluding hydrogens is 341 g/mol. The number of amides is 2. The van der Waals surface area contributed by atoms with Crippen LogP contribution < -0.4 is 15.9 Å². The van der Waals surface area contributed by atoms with Crippen LogP contribution in [0, 0.1) is 0 Å². The number of carbonyl (C=O) groups excluding carboxylic acids is 2. The van der Waals surface area contributed by atoms with Gasteiger partial charge in [-0.05, 0) is 36.4 Å². The lowest BCUT2D eigenvalue weighted by atomic mass is 10.4. The highest BCUT2D eigenvalue weighted by molar-refractivity contribution is 7.94. The molecular formula is C22H19NO2P+. The van der Waals surface area contributed by atoms with E-state index in [9.17, 15) is 9.59 Å². The first-order valence-corrected chi connectivity index (χ1v) is 10.4. The molecule has 1 aliphatic heterocycles. The van der Waals surface area contributed by atoms with E-state index >= 15 is 0 Å². The minimum Gasteiger partial charge on any atom is -0.271 e. The largest absolute Gasteiger partial charge is 0.271 e. The fourth-order valence-electron chi connectivity index (χ4n) is 3.62. The Balaban J connectivity index is 2.11. The molecule has 0 saturated carbocycles. The average molecular weight is 360 g/mol. The lowest BCUT2D eigenvalue weighted by Crippen LogP contribution is -2.45. The fraction of sp³-hybridized carbons (Fsp3) is 0.0909. The van der Waals surface area contributed by atoms with E-state index in [0.717, 1.165) is 15.9 Å². The first kappa shape index (κ1) is 16.7. The molecule has 1 saturated heterocycles. The lowest BCUT2D eigenvalue weighted by Gasteiger charge is -2.32. The van der Waals surface area contributed by atoms with Gasteiger partial charge in [0, 0.05) is 12.8 Å². The Hall–Kier alpha value is -2.77. The van der Waals surface area contributed by atoms with Gasteiger partial charge < -0.3 is 0 Å². The summed E-state index contributed by atoms with van der Waals surface area (Å²) in [7, 11) is -2.58. The number of hydrogen-bond acceptors (Lipinski definition) is 2. The van der Waals surface area contributed by atoms with Crippen molar-refractivity contribution in [3.63, 3.8) is 0 Å². The van der Waals surface area contributed by atoms with Crippen molar-refractivity contribution in [3.05, 3.63) is 91.0 Å². The summed E-state index contributed by atoms with van der Waals surface area (Å²) in [5.74, 6) is -0.167. The van der Waals surface area contributed by atoms with Gasteiger partial charge in [0.25, 0.3) is 11.8 Å². The van der Waals surface area contributed by atoms with E-state index in [-0.39, 0.29) is 24.7 Å². The molecule has 0 radical (unpaired) electrons. The topological polar surface area (TPSA) is 37.4 Å². The summed E-state index contributed by atoms with van der Waals surface area (Å²) in [4.78, 5) is 25.8. The Morgan fingerprint density at radius 3 is 1.15 bits per heavy atom. The standard InChI is InChI=1S/C22H19NO2P/c24-21-16-17-22(25)23(21)26(18-10-4-1-5-11-18,19-12-6-2-7-13-19)20-14-8-3-9-15-20/h1-15H,16-17H2/q+1. The Morgan fingerprint density at radius 2 is 0.846 bits per heavy atom. The van der Waals surface area contributed by atoms with E-state index in [0.29, 0.717) is 0 Å². The summed E-state index contributed by atoms with van der Waals surface area (Å²) in [5.41, 5.74) is 0. The summed E-state index contributed by atoms with van der Waals surface area (Å²) in [5, 5.41) is 3.04. The van der Waals surface area contributed by atoms with Gasteiger partial charge in [0.1, 0.15) is 15.9 Å². The molecule has 0 unspecified atom stereocenters. The molecule has 0 N–H and O–H groups in total. The summed E-state index contributed by atoms with van der Waals surface area (Å²) < 4.78 is 1.58. The fourth-order valence-corrected chi connectivity index (χ4v) is 7.89. The maximum atomic E-state index is 12.9. The van der Waals surface area contributed by atoms with Crippen molar-refractivity contribution in [2.75, 3.05) is 0 Å². The van der Waals surface area contributed by atoms with E-state index < -0.39 is 7.41 Å². The van der Waals surface area contributed by atoms with Gasteiger partial charge >= 0.3 is 0 Å². The van der Waals surface area contributed by atoms with E-state index in [1.807, 2.05) is 91.0 Å². The van der Waals surface area contributed by atoms with Crippen molar-refractivity contribution in [1.29, 1.82) is 0 Å². The second-order valence-electron chi connectivity index (χ2n) is 6.24. The highest BCUT2D eigenvalue weighted by Gasteiger charge is 2.58. The summed E-state index contributed by atoms with van der Waals surface area (Å²) in [6.45, 7) is 0. The van der Waals surface area contributed by atoms with Gasteiger partial charge in [0.05, 0.1) is 0 Å². The van der Waals surface area contributed by atoms with Crippen molar-refractivity contribution in [1.82, 2.24) is 4.67 Å². The van der Waals surface area contributed by atoms with Crippen molar-refractivity contribution < 1.29 is 9.59 Å². The van der Waals surface area contributed by atoms with Crippen LogP contribution in [0.4, 0.5) is 0 Å². The molecule has 0 bridgehead atoms. The third-order valence-electron chi connectivity index (χ3n) is 4.71. The van der Waals surface area contributed by atoms with Crippen LogP contribution in [0.15, 0.2) is 91.0 Å². The molecule has 0 aromatic heterocycles. The molecule has 4 rings (SSSR count). The average Bonchev–Trinajstić information content (AvgIpc) is 3.04. The molecule has 3 aromatic carbocycles. The molecule has 4 heteroatoms. The molecule has 3 nitrogen and oxygen atoms in total. The third kappa shape index (κ3) is 2.56. The van der Waals surface area contributed by atoms with Crippen LogP contribution in [0.3, 0.4) is 0 Å². The first-order chi connectivity index (χ1) is 12.7. The van der Waals surface area contributed by atoms with E-state index in [4.69, 9.17) is 0 Å². The van der Waals surface area contributed by atoms with Crippen LogP contribution in [-0.4, -0.2) is 16.5 Å². The Morgan fingerprint density at radius 1 is 0.538 bits per heavy atom. The van der Waals surface area contributed by atoms with Gasteiger partial charge in [0.15, 0.2) is 0 Å². The quantitative estimate of drug-likeness (QED) is 0.530. The van der Waals surface area contributed by atoms with Gasteiger partial charge in [-0.3, -0.25) is 9.59 Å². The maximum Gasteiger partial charge on any atom is 0.262 e. The molecule has 1 aliphatic rings. The number of benzene rings is 3. The van der Waals surface area contributed by atoms with Crippen LogP contribution in [-0.2, 0) is 9.59 Å². The molecule has 0 aliphatic carbocycles. The first-order valence-electron chi connectivity index (χ1n) is 8.67. The van der Waals surface area contributed by atoms with Gasteiger partial charge in [-0.1, -0.05) is 54.6 Å². The zero-order chi connectivity index (χ0) is 18.0. The Labute approximate surface area is 153 Å². The minimum absolute atomic E-state index is 0.0834. The summed E-state index contributed by atoms with van der Waals surface area (Å²) >= 11 is 0. The molecule has 0 atom stereocenters. The molecule has 3 aromatic rings. The Bertz CT molecular complexity index is 813. The van der Waals surface area contributed by atoms with Crippen molar-refractivity contribution in [2.24, 2.45) is 0 Å². The third-order valence-corrected chi connectivity index (χ3v) is 8.90. The smallest absolute Gasteiger partial charge is 0.262 e. The van der Waals surface area contributed by atoms with Crippen LogP contribution in [0.25, 0.3) is 0 Å². The lowest BCUT2D eigenvalue weighted by molar-refractivity contribution is -0.132. The molecule has 128 valence electrons. The van der Waals surface area contributed by atoms with Crippen LogP contribution in [0.2, 0.25) is 0 Å². The number of carbonyl (C=O) groups is 2. The zero-order valence-electron chi connectivity index (χ0n) is 14.3. The number of hydrogen-bond donors (Lipinski definition) is 0. The van der Waals surface area contributed by atoms with Gasteiger partial charge in [-0.25, -0.2) is 0 Å². The normalized spacial score (nSPS) is 14.7. The summed E-state index contributed by atoms with van der Waals surface area (Å²) in [6, 6.07) is 29.9.